The van der Waals surface area contributed by atoms with Crippen LogP contribution in [0.3, 0.4) is 0 Å². The number of pyridine rings is 1. The Bertz CT molecular complexity index is 379. The van der Waals surface area contributed by atoms with Crippen molar-refractivity contribution in [1.82, 2.24) is 10.3 Å². The summed E-state index contributed by atoms with van der Waals surface area (Å²) >= 11 is 0. The first-order valence-electron chi connectivity index (χ1n) is 4.65. The van der Waals surface area contributed by atoms with E-state index < -0.39 is 5.41 Å². The molecule has 4 nitrogen and oxygen atoms in total. The fourth-order valence-corrected chi connectivity index (χ4v) is 0.940. The van der Waals surface area contributed by atoms with Crippen LogP contribution in [-0.2, 0) is 0 Å². The summed E-state index contributed by atoms with van der Waals surface area (Å²) in [6, 6.07) is 5.50. The Balaban J connectivity index is 2.56. The van der Waals surface area contributed by atoms with Crippen molar-refractivity contribution < 1.29 is 4.79 Å². The molecule has 0 atom stereocenters. The molecule has 15 heavy (non-hydrogen) atoms. The van der Waals surface area contributed by atoms with Gasteiger partial charge in [0.05, 0.1) is 17.0 Å². The van der Waals surface area contributed by atoms with Crippen molar-refractivity contribution in [3.8, 4) is 6.07 Å². The lowest BCUT2D eigenvalue weighted by Gasteiger charge is -2.15. The van der Waals surface area contributed by atoms with Crippen LogP contribution in [0.4, 0.5) is 0 Å². The van der Waals surface area contributed by atoms with E-state index in [0.29, 0.717) is 12.1 Å². The van der Waals surface area contributed by atoms with Gasteiger partial charge in [-0.15, -0.1) is 0 Å². The molecule has 0 fully saturated rings. The molecule has 0 aliphatic carbocycles. The van der Waals surface area contributed by atoms with Gasteiger partial charge in [-0.1, -0.05) is 0 Å². The Morgan fingerprint density at radius 2 is 2.40 bits per heavy atom. The highest BCUT2D eigenvalue weighted by Gasteiger charge is 2.17. The van der Waals surface area contributed by atoms with E-state index >= 15 is 0 Å². The van der Waals surface area contributed by atoms with Gasteiger partial charge < -0.3 is 5.32 Å². The van der Waals surface area contributed by atoms with Crippen LogP contribution in [0.25, 0.3) is 0 Å². The third kappa shape index (κ3) is 3.39. The summed E-state index contributed by atoms with van der Waals surface area (Å²) in [4.78, 5) is 15.4. The molecule has 0 unspecified atom stereocenters. The standard InChI is InChI=1S/C11H13N3O/c1-11(2,7-12)8-14-10(15)9-4-3-5-13-6-9/h3-6H,8H2,1-2H3,(H,14,15). The third-order valence-electron chi connectivity index (χ3n) is 1.92. The summed E-state index contributed by atoms with van der Waals surface area (Å²) in [6.07, 6.45) is 3.10. The minimum atomic E-state index is -0.544. The van der Waals surface area contributed by atoms with Crippen LogP contribution >= 0.6 is 0 Å². The van der Waals surface area contributed by atoms with Gasteiger partial charge in [-0.25, -0.2) is 0 Å². The second-order valence-electron chi connectivity index (χ2n) is 3.92. The molecule has 1 N–H and O–H groups in total. The molecule has 0 aliphatic rings. The van der Waals surface area contributed by atoms with Crippen molar-refractivity contribution in [2.24, 2.45) is 5.41 Å². The summed E-state index contributed by atoms with van der Waals surface area (Å²) in [5.41, 5.74) is -0.0380. The average molecular weight is 203 g/mol. The summed E-state index contributed by atoms with van der Waals surface area (Å²) < 4.78 is 0. The highest BCUT2D eigenvalue weighted by Crippen LogP contribution is 2.10. The number of nitriles is 1. The number of carbonyl (C=O) groups is 1. The zero-order chi connectivity index (χ0) is 11.3. The fraction of sp³-hybridized carbons (Fsp3) is 0.364. The van der Waals surface area contributed by atoms with Crippen LogP contribution in [0.1, 0.15) is 24.2 Å². The van der Waals surface area contributed by atoms with Crippen molar-refractivity contribution in [3.63, 3.8) is 0 Å². The summed E-state index contributed by atoms with van der Waals surface area (Å²) in [6.45, 7) is 3.88. The van der Waals surface area contributed by atoms with E-state index in [4.69, 9.17) is 5.26 Å². The molecule has 0 radical (unpaired) electrons. The highest BCUT2D eigenvalue weighted by molar-refractivity contribution is 5.93. The number of hydrogen-bond donors (Lipinski definition) is 1. The zero-order valence-corrected chi connectivity index (χ0v) is 8.82. The fourth-order valence-electron chi connectivity index (χ4n) is 0.940. The number of amides is 1. The lowest BCUT2D eigenvalue weighted by atomic mass is 9.96. The van der Waals surface area contributed by atoms with Gasteiger partial charge in [-0.05, 0) is 26.0 Å². The predicted octanol–water partition coefficient (Wildman–Crippen LogP) is 1.36. The van der Waals surface area contributed by atoms with Gasteiger partial charge in [0.2, 0.25) is 0 Å². The largest absolute Gasteiger partial charge is 0.350 e. The quantitative estimate of drug-likeness (QED) is 0.806. The van der Waals surface area contributed by atoms with Gasteiger partial charge in [-0.2, -0.15) is 5.26 Å². The zero-order valence-electron chi connectivity index (χ0n) is 8.82. The van der Waals surface area contributed by atoms with Gasteiger partial charge in [-0.3, -0.25) is 9.78 Å². The maximum absolute atomic E-state index is 11.5. The summed E-state index contributed by atoms with van der Waals surface area (Å²) in [7, 11) is 0. The van der Waals surface area contributed by atoms with Gasteiger partial charge >= 0.3 is 0 Å². The molecule has 0 spiro atoms. The van der Waals surface area contributed by atoms with Crippen LogP contribution in [0.2, 0.25) is 0 Å². The van der Waals surface area contributed by atoms with Crippen molar-refractivity contribution in [3.05, 3.63) is 30.1 Å². The average Bonchev–Trinajstić information content (AvgIpc) is 2.27. The number of nitrogens with one attached hydrogen (secondary N) is 1. The Labute approximate surface area is 88.9 Å². The maximum Gasteiger partial charge on any atom is 0.252 e. The normalized spacial score (nSPS) is 10.5. The van der Waals surface area contributed by atoms with Gasteiger partial charge in [0.15, 0.2) is 0 Å². The van der Waals surface area contributed by atoms with Crippen LogP contribution in [-0.4, -0.2) is 17.4 Å². The molecule has 1 aromatic rings. The van der Waals surface area contributed by atoms with Crippen LogP contribution in [0.15, 0.2) is 24.5 Å². The summed E-state index contributed by atoms with van der Waals surface area (Å²) in [5, 5.41) is 11.5. The number of carbonyl (C=O) groups excluding carboxylic acids is 1. The lowest BCUT2D eigenvalue weighted by molar-refractivity contribution is 0.0943. The van der Waals surface area contributed by atoms with Gasteiger partial charge in [0.1, 0.15) is 0 Å². The van der Waals surface area contributed by atoms with Crippen molar-refractivity contribution in [1.29, 1.82) is 5.26 Å². The Hall–Kier alpha value is -1.89. The molecular weight excluding hydrogens is 190 g/mol. The molecular formula is C11H13N3O. The van der Waals surface area contributed by atoms with Crippen LogP contribution in [0.5, 0.6) is 0 Å². The van der Waals surface area contributed by atoms with E-state index in [1.807, 2.05) is 0 Å². The molecule has 0 bridgehead atoms. The Morgan fingerprint density at radius 1 is 1.67 bits per heavy atom. The molecule has 1 heterocycles. The maximum atomic E-state index is 11.5. The first-order valence-corrected chi connectivity index (χ1v) is 4.65. The first-order chi connectivity index (χ1) is 7.05. The summed E-state index contributed by atoms with van der Waals surface area (Å²) in [5.74, 6) is -0.202. The number of nitrogens with zero attached hydrogens (tertiary/aromatic N) is 2. The molecule has 1 rings (SSSR count). The monoisotopic (exact) mass is 203 g/mol. The van der Waals surface area contributed by atoms with Crippen LogP contribution in [0, 0.1) is 16.7 Å². The molecule has 0 aromatic carbocycles. The van der Waals surface area contributed by atoms with Crippen molar-refractivity contribution in [2.45, 2.75) is 13.8 Å². The van der Waals surface area contributed by atoms with Crippen molar-refractivity contribution >= 4 is 5.91 Å². The van der Waals surface area contributed by atoms with E-state index in [1.165, 1.54) is 6.20 Å². The smallest absolute Gasteiger partial charge is 0.252 e. The van der Waals surface area contributed by atoms with E-state index in [2.05, 4.69) is 16.4 Å². The number of hydrogen-bond acceptors (Lipinski definition) is 3. The molecule has 1 aromatic heterocycles. The Kier molecular flexibility index (Phi) is 3.40. The predicted molar refractivity (Wildman–Crippen MR) is 56.0 cm³/mol. The second kappa shape index (κ2) is 4.56. The van der Waals surface area contributed by atoms with Crippen LogP contribution < -0.4 is 5.32 Å². The van der Waals surface area contributed by atoms with E-state index in [9.17, 15) is 4.79 Å². The molecule has 1 amide bonds. The lowest BCUT2D eigenvalue weighted by Crippen LogP contribution is -2.33. The molecule has 0 aliphatic heterocycles. The second-order valence-corrected chi connectivity index (χ2v) is 3.92. The van der Waals surface area contributed by atoms with E-state index in [-0.39, 0.29) is 5.91 Å². The Morgan fingerprint density at radius 3 is 2.93 bits per heavy atom. The minimum absolute atomic E-state index is 0.202. The first kappa shape index (κ1) is 11.2. The molecule has 4 heteroatoms. The van der Waals surface area contributed by atoms with Gasteiger partial charge in [0.25, 0.3) is 5.91 Å². The van der Waals surface area contributed by atoms with Crippen molar-refractivity contribution in [2.75, 3.05) is 6.54 Å². The molecule has 0 saturated heterocycles. The number of rotatable bonds is 3. The molecule has 78 valence electrons. The van der Waals surface area contributed by atoms with Gasteiger partial charge in [0, 0.05) is 18.9 Å². The third-order valence-corrected chi connectivity index (χ3v) is 1.92. The minimum Gasteiger partial charge on any atom is -0.350 e. The number of aromatic nitrogens is 1. The van der Waals surface area contributed by atoms with E-state index in [1.54, 1.807) is 32.2 Å². The highest BCUT2D eigenvalue weighted by atomic mass is 16.1. The molecule has 0 saturated carbocycles. The topological polar surface area (TPSA) is 65.8 Å². The SMILES string of the molecule is CC(C)(C#N)CNC(=O)c1cccnc1. The van der Waals surface area contributed by atoms with E-state index in [0.717, 1.165) is 0 Å².